The highest BCUT2D eigenvalue weighted by Gasteiger charge is 2.25. The summed E-state index contributed by atoms with van der Waals surface area (Å²) in [5, 5.41) is 4.05. The molecular weight excluding hydrogens is 374 g/mol. The number of methoxy groups -OCH3 is 3. The molecule has 1 fully saturated rings. The fourth-order valence-corrected chi connectivity index (χ4v) is 3.79. The monoisotopic (exact) mass is 403 g/mol. The van der Waals surface area contributed by atoms with E-state index < -0.39 is 0 Å². The first kappa shape index (κ1) is 21.0. The lowest BCUT2D eigenvalue weighted by Crippen LogP contribution is -2.43. The van der Waals surface area contributed by atoms with Gasteiger partial charge in [0, 0.05) is 31.0 Å². The molecule has 3 rings (SSSR count). The maximum absolute atomic E-state index is 12.6. The lowest BCUT2D eigenvalue weighted by atomic mass is 9.99. The van der Waals surface area contributed by atoms with Crippen LogP contribution in [0.5, 0.6) is 17.2 Å². The van der Waals surface area contributed by atoms with Gasteiger partial charge in [-0.3, -0.25) is 4.79 Å². The second-order valence-electron chi connectivity index (χ2n) is 7.07. The Morgan fingerprint density at radius 1 is 1.17 bits per heavy atom. The van der Waals surface area contributed by atoms with E-state index in [1.165, 1.54) is 6.42 Å². The molecule has 8 heteroatoms. The molecule has 0 N–H and O–H groups in total. The van der Waals surface area contributed by atoms with Gasteiger partial charge >= 0.3 is 0 Å². The van der Waals surface area contributed by atoms with E-state index in [9.17, 15) is 4.79 Å². The summed E-state index contributed by atoms with van der Waals surface area (Å²) >= 11 is 0. The number of hydrogen-bond acceptors (Lipinski definition) is 7. The molecule has 1 amide bonds. The summed E-state index contributed by atoms with van der Waals surface area (Å²) in [6.07, 6.45) is 5.15. The largest absolute Gasteiger partial charge is 0.493 e. The number of amides is 1. The summed E-state index contributed by atoms with van der Waals surface area (Å²) in [6.45, 7) is 2.98. The van der Waals surface area contributed by atoms with Crippen molar-refractivity contribution < 1.29 is 23.5 Å². The SMILES string of the molecule is CCC1CCCCN1C(=O)CCc1nc(-c2cc(OC)c(OC)c(OC)c2)no1. The van der Waals surface area contributed by atoms with Crippen LogP contribution in [-0.2, 0) is 11.2 Å². The molecule has 0 saturated carbocycles. The topological polar surface area (TPSA) is 86.9 Å². The van der Waals surface area contributed by atoms with Crippen LogP contribution < -0.4 is 14.2 Å². The van der Waals surface area contributed by atoms with Gasteiger partial charge in [-0.05, 0) is 37.8 Å². The first-order valence-corrected chi connectivity index (χ1v) is 10.0. The van der Waals surface area contributed by atoms with Crippen LogP contribution in [0.1, 0.15) is 44.9 Å². The van der Waals surface area contributed by atoms with E-state index in [0.717, 1.165) is 25.8 Å². The predicted molar refractivity (Wildman–Crippen MR) is 107 cm³/mol. The molecule has 1 aliphatic rings. The Kier molecular flexibility index (Phi) is 6.95. The summed E-state index contributed by atoms with van der Waals surface area (Å²) in [4.78, 5) is 19.1. The fourth-order valence-electron chi connectivity index (χ4n) is 3.79. The average Bonchev–Trinajstić information content (AvgIpc) is 3.25. The molecule has 8 nitrogen and oxygen atoms in total. The number of hydrogen-bond donors (Lipinski definition) is 0. The average molecular weight is 403 g/mol. The molecule has 0 bridgehead atoms. The molecule has 1 atom stereocenters. The zero-order chi connectivity index (χ0) is 20.8. The van der Waals surface area contributed by atoms with Crippen molar-refractivity contribution in [3.63, 3.8) is 0 Å². The fraction of sp³-hybridized carbons (Fsp3) is 0.571. The number of rotatable bonds is 8. The van der Waals surface area contributed by atoms with Gasteiger partial charge in [-0.2, -0.15) is 4.98 Å². The van der Waals surface area contributed by atoms with E-state index in [0.29, 0.717) is 53.4 Å². The molecule has 1 aliphatic heterocycles. The third kappa shape index (κ3) is 4.63. The van der Waals surface area contributed by atoms with Crippen molar-refractivity contribution in [2.75, 3.05) is 27.9 Å². The van der Waals surface area contributed by atoms with Crippen LogP contribution in [0.2, 0.25) is 0 Å². The van der Waals surface area contributed by atoms with Crippen LogP contribution in [-0.4, -0.2) is 54.9 Å². The number of piperidine rings is 1. The van der Waals surface area contributed by atoms with E-state index in [2.05, 4.69) is 17.1 Å². The number of benzene rings is 1. The third-order valence-electron chi connectivity index (χ3n) is 5.36. The van der Waals surface area contributed by atoms with Crippen molar-refractivity contribution in [1.29, 1.82) is 0 Å². The summed E-state index contributed by atoms with van der Waals surface area (Å²) in [5.74, 6) is 2.53. The van der Waals surface area contributed by atoms with Gasteiger partial charge in [-0.1, -0.05) is 12.1 Å². The van der Waals surface area contributed by atoms with Crippen LogP contribution in [0.25, 0.3) is 11.4 Å². The normalized spacial score (nSPS) is 16.6. The highest BCUT2D eigenvalue weighted by atomic mass is 16.5. The molecular formula is C21H29N3O5. The zero-order valence-electron chi connectivity index (χ0n) is 17.6. The minimum atomic E-state index is 0.157. The molecule has 1 aromatic carbocycles. The Morgan fingerprint density at radius 3 is 2.52 bits per heavy atom. The van der Waals surface area contributed by atoms with Gasteiger partial charge in [-0.25, -0.2) is 0 Å². The van der Waals surface area contributed by atoms with E-state index in [4.69, 9.17) is 18.7 Å². The van der Waals surface area contributed by atoms with Gasteiger partial charge in [0.2, 0.25) is 23.4 Å². The van der Waals surface area contributed by atoms with Crippen molar-refractivity contribution in [1.82, 2.24) is 15.0 Å². The first-order chi connectivity index (χ1) is 14.1. The molecule has 1 saturated heterocycles. The first-order valence-electron chi connectivity index (χ1n) is 10.0. The van der Waals surface area contributed by atoms with Gasteiger partial charge in [0.05, 0.1) is 21.3 Å². The van der Waals surface area contributed by atoms with E-state index in [1.54, 1.807) is 33.5 Å². The summed E-state index contributed by atoms with van der Waals surface area (Å²) in [5.41, 5.74) is 0.683. The van der Waals surface area contributed by atoms with Crippen LogP contribution in [0.3, 0.4) is 0 Å². The van der Waals surface area contributed by atoms with Crippen LogP contribution in [0.4, 0.5) is 0 Å². The van der Waals surface area contributed by atoms with Crippen LogP contribution in [0, 0.1) is 0 Å². The smallest absolute Gasteiger partial charge is 0.227 e. The minimum Gasteiger partial charge on any atom is -0.493 e. The van der Waals surface area contributed by atoms with Crippen molar-refractivity contribution in [3.8, 4) is 28.6 Å². The molecule has 2 aromatic rings. The van der Waals surface area contributed by atoms with Crippen molar-refractivity contribution >= 4 is 5.91 Å². The van der Waals surface area contributed by atoms with Crippen molar-refractivity contribution in [2.45, 2.75) is 51.5 Å². The quantitative estimate of drug-likeness (QED) is 0.667. The molecule has 1 aromatic heterocycles. The van der Waals surface area contributed by atoms with E-state index in [-0.39, 0.29) is 5.91 Å². The Morgan fingerprint density at radius 2 is 1.90 bits per heavy atom. The van der Waals surface area contributed by atoms with Gasteiger partial charge in [-0.15, -0.1) is 0 Å². The van der Waals surface area contributed by atoms with Crippen LogP contribution >= 0.6 is 0 Å². The standard InChI is InChI=1S/C21H29N3O5/c1-5-15-8-6-7-11-24(15)19(25)10-9-18-22-21(23-29-18)14-12-16(26-2)20(28-4)17(13-14)27-3/h12-13,15H,5-11H2,1-4H3. The van der Waals surface area contributed by atoms with Crippen molar-refractivity contribution in [2.24, 2.45) is 0 Å². The highest BCUT2D eigenvalue weighted by molar-refractivity contribution is 5.76. The van der Waals surface area contributed by atoms with E-state index in [1.807, 2.05) is 4.90 Å². The minimum absolute atomic E-state index is 0.157. The van der Waals surface area contributed by atoms with Crippen LogP contribution in [0.15, 0.2) is 16.7 Å². The number of nitrogens with zero attached hydrogens (tertiary/aromatic N) is 3. The van der Waals surface area contributed by atoms with Crippen molar-refractivity contribution in [3.05, 3.63) is 18.0 Å². The maximum atomic E-state index is 12.6. The molecule has 158 valence electrons. The Labute approximate surface area is 171 Å². The lowest BCUT2D eigenvalue weighted by molar-refractivity contribution is -0.135. The number of carbonyl (C=O) groups excluding carboxylic acids is 1. The second kappa shape index (κ2) is 9.62. The van der Waals surface area contributed by atoms with Gasteiger partial charge in [0.1, 0.15) is 0 Å². The Hall–Kier alpha value is -2.77. The number of aryl methyl sites for hydroxylation is 1. The molecule has 1 unspecified atom stereocenters. The number of ether oxygens (including phenoxy) is 3. The molecule has 0 spiro atoms. The highest BCUT2D eigenvalue weighted by Crippen LogP contribution is 2.40. The number of likely N-dealkylation sites (tertiary alicyclic amines) is 1. The van der Waals surface area contributed by atoms with E-state index >= 15 is 0 Å². The molecule has 0 radical (unpaired) electrons. The molecule has 2 heterocycles. The third-order valence-corrected chi connectivity index (χ3v) is 5.36. The molecule has 0 aliphatic carbocycles. The van der Waals surface area contributed by atoms with Gasteiger partial charge in [0.25, 0.3) is 0 Å². The summed E-state index contributed by atoms with van der Waals surface area (Å²) in [6, 6.07) is 3.88. The summed E-state index contributed by atoms with van der Waals surface area (Å²) < 4.78 is 21.5. The predicted octanol–water partition coefficient (Wildman–Crippen LogP) is 3.49. The summed E-state index contributed by atoms with van der Waals surface area (Å²) in [7, 11) is 4.66. The van der Waals surface area contributed by atoms with Gasteiger partial charge in [0.15, 0.2) is 11.5 Å². The van der Waals surface area contributed by atoms with Gasteiger partial charge < -0.3 is 23.6 Å². The Balaban J connectivity index is 1.70. The molecule has 29 heavy (non-hydrogen) atoms. The number of carbonyl (C=O) groups is 1. The maximum Gasteiger partial charge on any atom is 0.227 e. The lowest BCUT2D eigenvalue weighted by Gasteiger charge is -2.35. The number of aromatic nitrogens is 2. The Bertz CT molecular complexity index is 810. The second-order valence-corrected chi connectivity index (χ2v) is 7.07. The zero-order valence-corrected chi connectivity index (χ0v) is 17.6.